The predicted molar refractivity (Wildman–Crippen MR) is 228 cm³/mol. The first-order chi connectivity index (χ1) is 26.5. The van der Waals surface area contributed by atoms with Crippen molar-refractivity contribution in [2.45, 2.75) is 168 Å². The SMILES string of the molecule is C=CCC(C)(C)CNC(=O)[C@H](CC(N)=O)NC(=O)C1(NC(=O)[C@@H](CC(=O)OC(C)(C)C)[C@H](C=C)c2ccc(CP(=O)(OC(C)(C)C)OC(C)(C)C)cc2)CCCCC1. The van der Waals surface area contributed by atoms with Crippen molar-refractivity contribution in [1.29, 1.82) is 0 Å². The maximum absolute atomic E-state index is 14.6. The van der Waals surface area contributed by atoms with Gasteiger partial charge in [0.15, 0.2) is 0 Å². The van der Waals surface area contributed by atoms with Crippen molar-refractivity contribution in [3.8, 4) is 0 Å². The van der Waals surface area contributed by atoms with E-state index in [0.717, 1.165) is 6.42 Å². The van der Waals surface area contributed by atoms with Crippen LogP contribution in [0.25, 0.3) is 0 Å². The van der Waals surface area contributed by atoms with Gasteiger partial charge in [0.1, 0.15) is 17.2 Å². The minimum absolute atomic E-state index is 0.00137. The minimum Gasteiger partial charge on any atom is -0.460 e. The molecule has 1 aliphatic rings. The molecule has 0 unspecified atom stereocenters. The molecule has 0 bridgehead atoms. The topological polar surface area (TPSA) is 192 Å². The van der Waals surface area contributed by atoms with Crippen LogP contribution in [0.1, 0.15) is 145 Å². The van der Waals surface area contributed by atoms with E-state index in [0.29, 0.717) is 30.4 Å². The van der Waals surface area contributed by atoms with E-state index in [-0.39, 0.29) is 37.4 Å². The molecule has 0 aromatic heterocycles. The smallest absolute Gasteiger partial charge is 0.336 e. The van der Waals surface area contributed by atoms with Gasteiger partial charge in [-0.3, -0.25) is 28.5 Å². The number of allylic oxidation sites excluding steroid dienone is 2. The van der Waals surface area contributed by atoms with Crippen LogP contribution in [-0.4, -0.2) is 64.5 Å². The van der Waals surface area contributed by atoms with Crippen molar-refractivity contribution in [3.63, 3.8) is 0 Å². The molecule has 0 radical (unpaired) electrons. The average molecular weight is 831 g/mol. The van der Waals surface area contributed by atoms with Gasteiger partial charge in [-0.2, -0.15) is 0 Å². The largest absolute Gasteiger partial charge is 0.460 e. The van der Waals surface area contributed by atoms with Crippen LogP contribution in [0, 0.1) is 11.3 Å². The van der Waals surface area contributed by atoms with Crippen LogP contribution in [0.4, 0.5) is 0 Å². The van der Waals surface area contributed by atoms with Crippen molar-refractivity contribution in [2.24, 2.45) is 17.1 Å². The summed E-state index contributed by atoms with van der Waals surface area (Å²) in [6.07, 6.45) is 5.75. The molecule has 4 amide bonds. The summed E-state index contributed by atoms with van der Waals surface area (Å²) in [4.78, 5) is 67.8. The van der Waals surface area contributed by atoms with Crippen LogP contribution in [0.2, 0.25) is 0 Å². The van der Waals surface area contributed by atoms with Gasteiger partial charge in [0.05, 0.1) is 36.1 Å². The summed E-state index contributed by atoms with van der Waals surface area (Å²) in [5.74, 6) is -4.97. The molecule has 1 fully saturated rings. The van der Waals surface area contributed by atoms with Gasteiger partial charge in [0.25, 0.3) is 0 Å². The second kappa shape index (κ2) is 20.4. The van der Waals surface area contributed by atoms with Crippen LogP contribution < -0.4 is 21.7 Å². The molecule has 0 heterocycles. The van der Waals surface area contributed by atoms with Gasteiger partial charge >= 0.3 is 13.6 Å². The number of rotatable bonds is 20. The molecular weight excluding hydrogens is 759 g/mol. The zero-order chi connectivity index (χ0) is 44.3. The van der Waals surface area contributed by atoms with Gasteiger partial charge in [-0.25, -0.2) is 0 Å². The third kappa shape index (κ3) is 17.2. The Morgan fingerprint density at radius 3 is 1.84 bits per heavy atom. The number of benzene rings is 1. The average Bonchev–Trinajstić information content (AvgIpc) is 3.05. The zero-order valence-corrected chi connectivity index (χ0v) is 37.8. The molecule has 14 heteroatoms. The van der Waals surface area contributed by atoms with E-state index in [9.17, 15) is 28.5 Å². The third-order valence-corrected chi connectivity index (χ3v) is 11.8. The van der Waals surface area contributed by atoms with Crippen molar-refractivity contribution in [1.82, 2.24) is 16.0 Å². The highest BCUT2D eigenvalue weighted by Gasteiger charge is 2.45. The van der Waals surface area contributed by atoms with Crippen molar-refractivity contribution in [3.05, 3.63) is 60.7 Å². The third-order valence-electron chi connectivity index (χ3n) is 9.37. The summed E-state index contributed by atoms with van der Waals surface area (Å²) < 4.78 is 31.6. The molecule has 326 valence electrons. The summed E-state index contributed by atoms with van der Waals surface area (Å²) in [6, 6.07) is 5.83. The van der Waals surface area contributed by atoms with E-state index in [1.807, 2.05) is 55.4 Å². The lowest BCUT2D eigenvalue weighted by molar-refractivity contribution is -0.157. The summed E-state index contributed by atoms with van der Waals surface area (Å²) in [7, 11) is -3.62. The number of carbonyl (C=O) groups is 5. The van der Waals surface area contributed by atoms with Crippen molar-refractivity contribution < 1.29 is 42.3 Å². The molecule has 0 aliphatic heterocycles. The Labute approximate surface area is 347 Å². The number of nitrogens with one attached hydrogen (secondary N) is 3. The van der Waals surface area contributed by atoms with Gasteiger partial charge < -0.3 is 35.5 Å². The lowest BCUT2D eigenvalue weighted by Crippen LogP contribution is -2.64. The van der Waals surface area contributed by atoms with Crippen LogP contribution in [0.15, 0.2) is 49.6 Å². The first-order valence-corrected chi connectivity index (χ1v) is 22.0. The molecule has 13 nitrogen and oxygen atoms in total. The standard InChI is InChI=1S/C44H71N4O9P/c1-14-23-43(12,13)29-46-38(52)34(27-35(45)49)47-39(53)44(24-17-16-18-25-44)48-37(51)33(26-36(50)55-40(3,4)5)32(15-2)31-21-19-30(20-22-31)28-58(54,56-41(6,7)8)57-42(9,10)11/h14-15,19-22,32-34H,1-2,16-18,23-29H2,3-13H3,(H2,45,49)(H,46,52)(H,47,53)(H,48,51)/t32-,33+,34+/m1/s1. The summed E-state index contributed by atoms with van der Waals surface area (Å²) in [5.41, 5.74) is 2.76. The Bertz CT molecular complexity index is 1640. The van der Waals surface area contributed by atoms with Crippen LogP contribution in [0.3, 0.4) is 0 Å². The number of carbonyl (C=O) groups excluding carboxylic acids is 5. The molecule has 1 aromatic rings. The number of primary amides is 1. The highest BCUT2D eigenvalue weighted by atomic mass is 31.2. The van der Waals surface area contributed by atoms with Crippen LogP contribution in [0.5, 0.6) is 0 Å². The fourth-order valence-electron chi connectivity index (χ4n) is 6.98. The van der Waals surface area contributed by atoms with Gasteiger partial charge in [0.2, 0.25) is 23.6 Å². The number of hydrogen-bond acceptors (Lipinski definition) is 9. The van der Waals surface area contributed by atoms with Crippen molar-refractivity contribution >= 4 is 37.2 Å². The molecule has 0 saturated heterocycles. The van der Waals surface area contributed by atoms with E-state index in [1.165, 1.54) is 0 Å². The number of esters is 1. The van der Waals surface area contributed by atoms with Crippen LogP contribution >= 0.6 is 7.60 Å². The van der Waals surface area contributed by atoms with E-state index in [2.05, 4.69) is 29.1 Å². The van der Waals surface area contributed by atoms with Crippen molar-refractivity contribution in [2.75, 3.05) is 6.54 Å². The number of hydrogen-bond donors (Lipinski definition) is 4. The molecule has 1 aromatic carbocycles. The Balaban J connectivity index is 2.52. The first-order valence-electron chi connectivity index (χ1n) is 20.3. The highest BCUT2D eigenvalue weighted by molar-refractivity contribution is 7.53. The number of amides is 4. The quantitative estimate of drug-likeness (QED) is 0.0585. The minimum atomic E-state index is -3.62. The van der Waals surface area contributed by atoms with E-state index >= 15 is 0 Å². The van der Waals surface area contributed by atoms with Gasteiger partial charge in [-0.15, -0.1) is 13.2 Å². The Morgan fingerprint density at radius 2 is 1.38 bits per heavy atom. The molecule has 5 N–H and O–H groups in total. The molecule has 0 spiro atoms. The first kappa shape index (κ1) is 50.3. The fraction of sp³-hybridized carbons (Fsp3) is 0.659. The van der Waals surface area contributed by atoms with E-state index in [4.69, 9.17) is 19.5 Å². The Kier molecular flexibility index (Phi) is 17.7. The summed E-state index contributed by atoms with van der Waals surface area (Å²) in [6.45, 7) is 28.0. The zero-order valence-electron chi connectivity index (χ0n) is 36.9. The molecule has 2 rings (SSSR count). The van der Waals surface area contributed by atoms with Gasteiger partial charge in [-0.1, -0.05) is 69.5 Å². The fourth-order valence-corrected chi connectivity index (χ4v) is 9.47. The lowest BCUT2D eigenvalue weighted by Gasteiger charge is -2.39. The van der Waals surface area contributed by atoms with Gasteiger partial charge in [-0.05, 0) is 98.1 Å². The predicted octanol–water partition coefficient (Wildman–Crippen LogP) is 7.53. The van der Waals surface area contributed by atoms with Crippen LogP contribution in [-0.2, 0) is 48.5 Å². The van der Waals surface area contributed by atoms with Gasteiger partial charge in [0, 0.05) is 12.5 Å². The second-order valence-electron chi connectivity index (χ2n) is 19.3. The maximum atomic E-state index is 14.6. The molecule has 3 atom stereocenters. The molecular formula is C44H71N4O9P. The molecule has 58 heavy (non-hydrogen) atoms. The summed E-state index contributed by atoms with van der Waals surface area (Å²) >= 11 is 0. The monoisotopic (exact) mass is 830 g/mol. The maximum Gasteiger partial charge on any atom is 0.336 e. The lowest BCUT2D eigenvalue weighted by atomic mass is 9.78. The number of ether oxygens (including phenoxy) is 1. The molecule has 1 aliphatic carbocycles. The Hall–Kier alpha value is -3.80. The highest BCUT2D eigenvalue weighted by Crippen LogP contribution is 2.57. The summed E-state index contributed by atoms with van der Waals surface area (Å²) in [5, 5.41) is 8.56. The normalized spacial score (nSPS) is 16.5. The van der Waals surface area contributed by atoms with E-state index < -0.39 is 83.8 Å². The second-order valence-corrected chi connectivity index (χ2v) is 21.2. The Morgan fingerprint density at radius 1 is 0.828 bits per heavy atom. The molecule has 1 saturated carbocycles. The number of nitrogens with two attached hydrogens (primary N) is 1. The van der Waals surface area contributed by atoms with E-state index in [1.54, 1.807) is 57.2 Å².